The summed E-state index contributed by atoms with van der Waals surface area (Å²) in [5.74, 6) is 0.0116. The number of sulfonamides is 1. The van der Waals surface area contributed by atoms with E-state index in [0.717, 1.165) is 12.8 Å². The number of allylic oxidation sites excluding steroid dienone is 2. The van der Waals surface area contributed by atoms with E-state index in [1.807, 2.05) is 0 Å². The third-order valence-corrected chi connectivity index (χ3v) is 6.39. The van der Waals surface area contributed by atoms with Crippen molar-refractivity contribution in [1.29, 1.82) is 0 Å². The molecular weight excluding hydrogens is 425 g/mol. The molecular formula is C21H26FN3O5S. The number of halogens is 1. The molecule has 0 radical (unpaired) electrons. The van der Waals surface area contributed by atoms with E-state index in [1.54, 1.807) is 19.1 Å². The summed E-state index contributed by atoms with van der Waals surface area (Å²) in [6.45, 7) is 2.38. The summed E-state index contributed by atoms with van der Waals surface area (Å²) in [7, 11) is -3.58. The van der Waals surface area contributed by atoms with Crippen LogP contribution in [0.5, 0.6) is 5.75 Å². The van der Waals surface area contributed by atoms with Gasteiger partial charge in [0.25, 0.3) is 5.56 Å². The first-order chi connectivity index (χ1) is 14.7. The van der Waals surface area contributed by atoms with E-state index in [4.69, 9.17) is 4.74 Å². The third-order valence-electron chi connectivity index (χ3n) is 4.90. The lowest BCUT2D eigenvalue weighted by Crippen LogP contribution is -2.29. The number of ether oxygens (including phenoxy) is 1. The van der Waals surface area contributed by atoms with Gasteiger partial charge >= 0.3 is 5.69 Å². The van der Waals surface area contributed by atoms with Gasteiger partial charge in [-0.15, -0.1) is 0 Å². The average Bonchev–Trinajstić information content (AvgIpc) is 3.52. The molecule has 1 fully saturated rings. The van der Waals surface area contributed by atoms with Gasteiger partial charge in [0.15, 0.2) is 11.6 Å². The Morgan fingerprint density at radius 3 is 2.77 bits per heavy atom. The molecule has 2 N–H and O–H groups in total. The fourth-order valence-electron chi connectivity index (χ4n) is 2.91. The largest absolute Gasteiger partial charge is 0.490 e. The standard InChI is InChI=1S/C21H26FN3O5S/c1-15(17-7-8-18(22)19(13-17)30-14-16-5-6-16)24-31(28,29)12-4-2-3-10-25-11-9-20(26)23-21(25)27/h2-3,7-9,11,13,15-16,24H,4-6,10,12,14H2,1H3,(H,23,26,27)/t15-/m1/s1. The monoisotopic (exact) mass is 451 g/mol. The molecule has 0 unspecified atom stereocenters. The summed E-state index contributed by atoms with van der Waals surface area (Å²) in [6, 6.07) is 5.05. The van der Waals surface area contributed by atoms with Gasteiger partial charge in [-0.2, -0.15) is 0 Å². The summed E-state index contributed by atoms with van der Waals surface area (Å²) in [5, 5.41) is 0. The minimum atomic E-state index is -3.58. The Labute approximate surface area is 179 Å². The van der Waals surface area contributed by atoms with Crippen LogP contribution in [0, 0.1) is 11.7 Å². The Hall–Kier alpha value is -2.72. The average molecular weight is 452 g/mol. The van der Waals surface area contributed by atoms with Crippen LogP contribution in [0.15, 0.2) is 52.2 Å². The Morgan fingerprint density at radius 2 is 2.06 bits per heavy atom. The predicted molar refractivity (Wildman–Crippen MR) is 115 cm³/mol. The van der Waals surface area contributed by atoms with Crippen LogP contribution in [0.2, 0.25) is 0 Å². The lowest BCUT2D eigenvalue weighted by Gasteiger charge is -2.16. The minimum absolute atomic E-state index is 0.135. The molecule has 2 aromatic rings. The smallest absolute Gasteiger partial charge is 0.328 e. The first kappa shape index (κ1) is 23.0. The molecule has 0 amide bonds. The zero-order valence-corrected chi connectivity index (χ0v) is 18.0. The summed E-state index contributed by atoms with van der Waals surface area (Å²) in [4.78, 5) is 24.8. The highest BCUT2D eigenvalue weighted by molar-refractivity contribution is 7.89. The van der Waals surface area contributed by atoms with Gasteiger partial charge in [-0.3, -0.25) is 14.3 Å². The van der Waals surface area contributed by atoms with Crippen LogP contribution in [-0.2, 0) is 16.6 Å². The Bertz CT molecular complexity index is 1150. The lowest BCUT2D eigenvalue weighted by molar-refractivity contribution is 0.285. The second kappa shape index (κ2) is 10.1. The summed E-state index contributed by atoms with van der Waals surface area (Å²) >= 11 is 0. The van der Waals surface area contributed by atoms with Crippen molar-refractivity contribution in [2.75, 3.05) is 12.4 Å². The van der Waals surface area contributed by atoms with E-state index in [2.05, 4.69) is 9.71 Å². The number of hydrogen-bond acceptors (Lipinski definition) is 5. The van der Waals surface area contributed by atoms with Crippen molar-refractivity contribution >= 4 is 10.0 Å². The number of hydrogen-bond donors (Lipinski definition) is 2. The third kappa shape index (κ3) is 7.18. The van der Waals surface area contributed by atoms with E-state index in [1.165, 1.54) is 35.0 Å². The molecule has 168 valence electrons. The first-order valence-electron chi connectivity index (χ1n) is 10.1. The van der Waals surface area contributed by atoms with Crippen molar-refractivity contribution in [1.82, 2.24) is 14.3 Å². The van der Waals surface area contributed by atoms with Gasteiger partial charge in [0.1, 0.15) is 0 Å². The number of H-pyrrole nitrogens is 1. The molecule has 0 spiro atoms. The predicted octanol–water partition coefficient (Wildman–Crippen LogP) is 2.09. The first-order valence-corrected chi connectivity index (χ1v) is 11.8. The maximum atomic E-state index is 13.9. The van der Waals surface area contributed by atoms with Gasteiger partial charge in [0.05, 0.1) is 12.4 Å². The zero-order chi connectivity index (χ0) is 22.4. The van der Waals surface area contributed by atoms with Crippen LogP contribution < -0.4 is 20.7 Å². The van der Waals surface area contributed by atoms with Crippen LogP contribution in [0.4, 0.5) is 4.39 Å². The molecule has 0 bridgehead atoms. The maximum absolute atomic E-state index is 13.9. The van der Waals surface area contributed by atoms with Crippen LogP contribution >= 0.6 is 0 Å². The van der Waals surface area contributed by atoms with Crippen LogP contribution in [-0.4, -0.2) is 30.3 Å². The summed E-state index contributed by atoms with van der Waals surface area (Å²) in [6.07, 6.45) is 7.11. The minimum Gasteiger partial charge on any atom is -0.490 e. The lowest BCUT2D eigenvalue weighted by atomic mass is 10.1. The molecule has 1 aromatic carbocycles. The van der Waals surface area contributed by atoms with E-state index in [9.17, 15) is 22.4 Å². The molecule has 1 atom stereocenters. The topological polar surface area (TPSA) is 110 Å². The number of benzene rings is 1. The quantitative estimate of drug-likeness (QED) is 0.509. The van der Waals surface area contributed by atoms with Crippen LogP contribution in [0.25, 0.3) is 0 Å². The molecule has 0 saturated heterocycles. The van der Waals surface area contributed by atoms with Crippen LogP contribution in [0.3, 0.4) is 0 Å². The fraction of sp³-hybridized carbons (Fsp3) is 0.429. The van der Waals surface area contributed by atoms with Crippen LogP contribution in [0.1, 0.15) is 37.8 Å². The fourth-order valence-corrected chi connectivity index (χ4v) is 4.14. The summed E-state index contributed by atoms with van der Waals surface area (Å²) < 4.78 is 48.1. The van der Waals surface area contributed by atoms with E-state index in [0.29, 0.717) is 18.1 Å². The van der Waals surface area contributed by atoms with Crippen molar-refractivity contribution in [3.05, 3.63) is 74.8 Å². The number of rotatable bonds is 11. The maximum Gasteiger partial charge on any atom is 0.328 e. The van der Waals surface area contributed by atoms with Gasteiger partial charge in [-0.05, 0) is 49.8 Å². The second-order valence-corrected chi connectivity index (χ2v) is 9.50. The second-order valence-electron chi connectivity index (χ2n) is 7.63. The number of aromatic amines is 1. The summed E-state index contributed by atoms with van der Waals surface area (Å²) in [5.41, 5.74) is -0.386. The van der Waals surface area contributed by atoms with Gasteiger partial charge in [-0.25, -0.2) is 22.3 Å². The van der Waals surface area contributed by atoms with Gasteiger partial charge in [-0.1, -0.05) is 18.2 Å². The van der Waals surface area contributed by atoms with Gasteiger partial charge in [0, 0.05) is 24.8 Å². The number of aromatic nitrogens is 2. The van der Waals surface area contributed by atoms with Gasteiger partial charge in [0.2, 0.25) is 10.0 Å². The van der Waals surface area contributed by atoms with Crippen molar-refractivity contribution in [3.63, 3.8) is 0 Å². The van der Waals surface area contributed by atoms with Crippen molar-refractivity contribution < 1.29 is 17.5 Å². The molecule has 10 heteroatoms. The Balaban J connectivity index is 1.50. The van der Waals surface area contributed by atoms with Crippen molar-refractivity contribution in [2.24, 2.45) is 5.92 Å². The molecule has 1 aliphatic rings. The SMILES string of the molecule is C[C@@H](NS(=O)(=O)CCC=CCn1ccc(=O)[nH]c1=O)c1ccc(F)c(OCC2CC2)c1. The van der Waals surface area contributed by atoms with E-state index in [-0.39, 0.29) is 24.5 Å². The Kier molecular flexibility index (Phi) is 7.45. The molecule has 1 heterocycles. The van der Waals surface area contributed by atoms with Crippen molar-refractivity contribution in [2.45, 2.75) is 38.8 Å². The normalized spacial score (nSPS) is 15.3. The number of nitrogens with zero attached hydrogens (tertiary/aromatic N) is 1. The van der Waals surface area contributed by atoms with E-state index >= 15 is 0 Å². The molecule has 0 aliphatic heterocycles. The molecule has 1 aromatic heterocycles. The van der Waals surface area contributed by atoms with Crippen molar-refractivity contribution in [3.8, 4) is 5.75 Å². The molecule has 3 rings (SSSR count). The molecule has 8 nitrogen and oxygen atoms in total. The van der Waals surface area contributed by atoms with E-state index < -0.39 is 33.1 Å². The molecule has 31 heavy (non-hydrogen) atoms. The molecule has 1 aliphatic carbocycles. The highest BCUT2D eigenvalue weighted by atomic mass is 32.2. The van der Waals surface area contributed by atoms with Gasteiger partial charge < -0.3 is 4.74 Å². The number of nitrogens with one attached hydrogen (secondary N) is 2. The zero-order valence-electron chi connectivity index (χ0n) is 17.2. The molecule has 1 saturated carbocycles. The highest BCUT2D eigenvalue weighted by Crippen LogP contribution is 2.31. The highest BCUT2D eigenvalue weighted by Gasteiger charge is 2.23. The Morgan fingerprint density at radius 1 is 1.29 bits per heavy atom.